The van der Waals surface area contributed by atoms with E-state index in [9.17, 15) is 0 Å². The van der Waals surface area contributed by atoms with Crippen LogP contribution in [0, 0.1) is 0 Å². The Morgan fingerprint density at radius 2 is 2.05 bits per heavy atom. The molecule has 2 nitrogen and oxygen atoms in total. The van der Waals surface area contributed by atoms with Gasteiger partial charge in [-0.1, -0.05) is 30.3 Å². The van der Waals surface area contributed by atoms with Crippen LogP contribution in [0.2, 0.25) is 0 Å². The summed E-state index contributed by atoms with van der Waals surface area (Å²) in [5, 5.41) is 3.61. The second-order valence-corrected chi connectivity index (χ2v) is 5.67. The van der Waals surface area contributed by atoms with Gasteiger partial charge in [0, 0.05) is 23.3 Å². The van der Waals surface area contributed by atoms with E-state index in [1.807, 2.05) is 30.0 Å². The van der Waals surface area contributed by atoms with E-state index in [0.717, 1.165) is 22.9 Å². The van der Waals surface area contributed by atoms with Gasteiger partial charge in [-0.05, 0) is 23.3 Å². The predicted molar refractivity (Wildman–Crippen MR) is 82.0 cm³/mol. The summed E-state index contributed by atoms with van der Waals surface area (Å²) in [6.07, 6.45) is 0. The molecule has 2 aromatic rings. The molecule has 1 unspecified atom stereocenters. The molecule has 0 saturated heterocycles. The highest BCUT2D eigenvalue weighted by Crippen LogP contribution is 2.34. The maximum absolute atomic E-state index is 5.27. The summed E-state index contributed by atoms with van der Waals surface area (Å²) in [5.74, 6) is 3.11. The molecule has 2 aromatic carbocycles. The number of benzene rings is 2. The smallest absolute Gasteiger partial charge is 0.120 e. The molecule has 0 radical (unpaired) electrons. The van der Waals surface area contributed by atoms with Crippen LogP contribution < -0.4 is 10.1 Å². The van der Waals surface area contributed by atoms with Crippen molar-refractivity contribution in [2.45, 2.75) is 11.8 Å². The lowest BCUT2D eigenvalue weighted by molar-refractivity contribution is 0.415. The van der Waals surface area contributed by atoms with Crippen LogP contribution in [0.1, 0.15) is 17.2 Å². The van der Waals surface area contributed by atoms with Crippen LogP contribution in [0.3, 0.4) is 0 Å². The number of hydrogen-bond acceptors (Lipinski definition) is 3. The number of methoxy groups -OCH3 is 1. The van der Waals surface area contributed by atoms with Crippen molar-refractivity contribution in [3.8, 4) is 5.75 Å². The summed E-state index contributed by atoms with van der Waals surface area (Å²) >= 11 is 1.98. The Labute approximate surface area is 118 Å². The minimum absolute atomic E-state index is 0.377. The van der Waals surface area contributed by atoms with Gasteiger partial charge in [-0.15, -0.1) is 0 Å². The molecule has 0 aliphatic carbocycles. The number of fused-ring (bicyclic) bond motifs is 1. The van der Waals surface area contributed by atoms with Crippen LogP contribution >= 0.6 is 11.8 Å². The van der Waals surface area contributed by atoms with Crippen LogP contribution in [0.15, 0.2) is 48.5 Å². The van der Waals surface area contributed by atoms with E-state index < -0.39 is 0 Å². The van der Waals surface area contributed by atoms with Crippen molar-refractivity contribution in [1.82, 2.24) is 0 Å². The largest absolute Gasteiger partial charge is 0.497 e. The Bertz CT molecular complexity index is 570. The summed E-state index contributed by atoms with van der Waals surface area (Å²) in [6, 6.07) is 17.2. The number of anilines is 1. The molecule has 1 atom stereocenters. The summed E-state index contributed by atoms with van der Waals surface area (Å²) < 4.78 is 5.27. The maximum Gasteiger partial charge on any atom is 0.120 e. The lowest BCUT2D eigenvalue weighted by Gasteiger charge is -2.27. The second-order valence-electron chi connectivity index (χ2n) is 4.64. The normalized spacial score (nSPS) is 17.6. The van der Waals surface area contributed by atoms with E-state index in [1.54, 1.807) is 7.11 Å². The number of hydrogen-bond donors (Lipinski definition) is 1. The topological polar surface area (TPSA) is 21.3 Å². The third-order valence-electron chi connectivity index (χ3n) is 3.38. The Kier molecular flexibility index (Phi) is 3.65. The summed E-state index contributed by atoms with van der Waals surface area (Å²) in [5.41, 5.74) is 3.98. The second kappa shape index (κ2) is 5.57. The van der Waals surface area contributed by atoms with Crippen molar-refractivity contribution in [3.63, 3.8) is 0 Å². The van der Waals surface area contributed by atoms with Gasteiger partial charge >= 0.3 is 0 Å². The zero-order valence-corrected chi connectivity index (χ0v) is 11.7. The van der Waals surface area contributed by atoms with Crippen LogP contribution in [-0.4, -0.2) is 12.9 Å². The van der Waals surface area contributed by atoms with Crippen LogP contribution in [-0.2, 0) is 5.75 Å². The van der Waals surface area contributed by atoms with Crippen LogP contribution in [0.4, 0.5) is 5.69 Å². The number of nitrogens with one attached hydrogen (secondary N) is 1. The van der Waals surface area contributed by atoms with Crippen molar-refractivity contribution in [2.75, 3.05) is 18.2 Å². The summed E-state index contributed by atoms with van der Waals surface area (Å²) in [6.45, 7) is 0. The van der Waals surface area contributed by atoms with Crippen molar-refractivity contribution >= 4 is 17.4 Å². The van der Waals surface area contributed by atoms with Crippen molar-refractivity contribution in [2.24, 2.45) is 0 Å². The third kappa shape index (κ3) is 2.71. The minimum atomic E-state index is 0.377. The van der Waals surface area contributed by atoms with Gasteiger partial charge in [0.25, 0.3) is 0 Å². The van der Waals surface area contributed by atoms with E-state index in [0.29, 0.717) is 6.04 Å². The fourth-order valence-electron chi connectivity index (χ4n) is 2.42. The molecule has 0 saturated carbocycles. The number of rotatable bonds is 3. The van der Waals surface area contributed by atoms with Gasteiger partial charge in [-0.2, -0.15) is 11.8 Å². The highest BCUT2D eigenvalue weighted by atomic mass is 32.2. The van der Waals surface area contributed by atoms with Crippen LogP contribution in [0.5, 0.6) is 5.75 Å². The van der Waals surface area contributed by atoms with E-state index in [1.165, 1.54) is 11.1 Å². The zero-order valence-electron chi connectivity index (χ0n) is 10.9. The van der Waals surface area contributed by atoms with Crippen LogP contribution in [0.25, 0.3) is 0 Å². The lowest BCUT2D eigenvalue weighted by atomic mass is 10.0. The molecule has 0 amide bonds. The van der Waals surface area contributed by atoms with Gasteiger partial charge in [-0.25, -0.2) is 0 Å². The zero-order chi connectivity index (χ0) is 13.1. The van der Waals surface area contributed by atoms with Crippen molar-refractivity contribution in [1.29, 1.82) is 0 Å². The van der Waals surface area contributed by atoms with Gasteiger partial charge in [0.15, 0.2) is 0 Å². The predicted octanol–water partition coefficient (Wildman–Crippen LogP) is 4.10. The van der Waals surface area contributed by atoms with Crippen molar-refractivity contribution < 1.29 is 4.74 Å². The fourth-order valence-corrected chi connectivity index (χ4v) is 3.51. The Balaban J connectivity index is 1.84. The van der Waals surface area contributed by atoms with E-state index in [4.69, 9.17) is 4.74 Å². The van der Waals surface area contributed by atoms with Gasteiger partial charge in [0.2, 0.25) is 0 Å². The fraction of sp³-hybridized carbons (Fsp3) is 0.250. The van der Waals surface area contributed by atoms with E-state index in [2.05, 4.69) is 35.6 Å². The summed E-state index contributed by atoms with van der Waals surface area (Å²) in [4.78, 5) is 0. The number of ether oxygens (including phenoxy) is 1. The molecular weight excluding hydrogens is 254 g/mol. The average molecular weight is 271 g/mol. The highest BCUT2D eigenvalue weighted by molar-refractivity contribution is 7.98. The average Bonchev–Trinajstić information content (AvgIpc) is 2.48. The summed E-state index contributed by atoms with van der Waals surface area (Å²) in [7, 11) is 1.70. The number of thioether (sulfide) groups is 1. The lowest BCUT2D eigenvalue weighted by Crippen LogP contribution is -2.18. The molecule has 1 heterocycles. The van der Waals surface area contributed by atoms with Gasteiger partial charge in [0.1, 0.15) is 5.75 Å². The molecule has 1 aliphatic heterocycles. The van der Waals surface area contributed by atoms with Gasteiger partial charge in [0.05, 0.1) is 13.2 Å². The third-order valence-corrected chi connectivity index (χ3v) is 4.47. The first kappa shape index (κ1) is 12.4. The van der Waals surface area contributed by atoms with E-state index >= 15 is 0 Å². The molecule has 0 aromatic heterocycles. The molecule has 0 fully saturated rings. The molecular formula is C16H17NOS. The van der Waals surface area contributed by atoms with Crippen molar-refractivity contribution in [3.05, 3.63) is 59.7 Å². The van der Waals surface area contributed by atoms with Gasteiger partial charge in [-0.3, -0.25) is 0 Å². The Hall–Kier alpha value is -1.61. The van der Waals surface area contributed by atoms with E-state index in [-0.39, 0.29) is 0 Å². The molecule has 0 bridgehead atoms. The Morgan fingerprint density at radius 3 is 2.95 bits per heavy atom. The SMILES string of the molecule is COc1cccc(NC2CSCc3ccccc32)c1. The van der Waals surface area contributed by atoms with Gasteiger partial charge < -0.3 is 10.1 Å². The monoisotopic (exact) mass is 271 g/mol. The standard InChI is InChI=1S/C16H17NOS/c1-18-14-7-4-6-13(9-14)17-16-11-19-10-12-5-2-3-8-15(12)16/h2-9,16-17H,10-11H2,1H3. The molecule has 19 heavy (non-hydrogen) atoms. The first-order chi connectivity index (χ1) is 9.36. The molecule has 98 valence electrons. The quantitative estimate of drug-likeness (QED) is 0.908. The maximum atomic E-state index is 5.27. The molecule has 0 spiro atoms. The Morgan fingerprint density at radius 1 is 1.16 bits per heavy atom. The minimum Gasteiger partial charge on any atom is -0.497 e. The highest BCUT2D eigenvalue weighted by Gasteiger charge is 2.19. The molecule has 3 heteroatoms. The molecule has 1 aliphatic rings. The molecule has 3 rings (SSSR count). The molecule has 1 N–H and O–H groups in total. The first-order valence-electron chi connectivity index (χ1n) is 6.43. The first-order valence-corrected chi connectivity index (χ1v) is 7.58.